The molecule has 0 radical (unpaired) electrons. The highest BCUT2D eigenvalue weighted by molar-refractivity contribution is 5.96. The van der Waals surface area contributed by atoms with E-state index in [1.807, 2.05) is 19.1 Å². The molecule has 20 heavy (non-hydrogen) atoms. The van der Waals surface area contributed by atoms with Gasteiger partial charge in [-0.3, -0.25) is 4.79 Å². The van der Waals surface area contributed by atoms with Gasteiger partial charge in [0, 0.05) is 30.4 Å². The van der Waals surface area contributed by atoms with Crippen molar-refractivity contribution in [3.05, 3.63) is 29.3 Å². The van der Waals surface area contributed by atoms with Gasteiger partial charge in [0.1, 0.15) is 0 Å². The summed E-state index contributed by atoms with van der Waals surface area (Å²) in [7, 11) is 0. The molecule has 0 bridgehead atoms. The van der Waals surface area contributed by atoms with Crippen LogP contribution in [0.25, 0.3) is 0 Å². The molecule has 0 saturated heterocycles. The molecular weight excluding hydrogens is 248 g/mol. The summed E-state index contributed by atoms with van der Waals surface area (Å²) < 4.78 is 0. The second kappa shape index (κ2) is 6.29. The zero-order valence-electron chi connectivity index (χ0n) is 13.1. The predicted octanol–water partition coefficient (Wildman–Crippen LogP) is 3.69. The van der Waals surface area contributed by atoms with E-state index in [1.165, 1.54) is 0 Å². The van der Waals surface area contributed by atoms with Crippen LogP contribution in [0, 0.1) is 12.8 Å². The molecule has 3 nitrogen and oxygen atoms in total. The summed E-state index contributed by atoms with van der Waals surface area (Å²) in [5.41, 5.74) is 2.99. The third kappa shape index (κ3) is 3.53. The molecule has 1 aliphatic rings. The average molecular weight is 274 g/mol. The summed E-state index contributed by atoms with van der Waals surface area (Å²) in [5, 5.41) is 3.29. The maximum absolute atomic E-state index is 12.8. The SMILES string of the molecule is CCNc1ccc(C(=O)N(CC(C)C)C2CC2)c(C)c1. The van der Waals surface area contributed by atoms with E-state index in [-0.39, 0.29) is 5.91 Å². The van der Waals surface area contributed by atoms with Crippen molar-refractivity contribution in [2.75, 3.05) is 18.4 Å². The molecule has 1 aromatic rings. The van der Waals surface area contributed by atoms with Gasteiger partial charge < -0.3 is 10.2 Å². The number of hydrogen-bond donors (Lipinski definition) is 1. The van der Waals surface area contributed by atoms with Gasteiger partial charge in [-0.05, 0) is 56.4 Å². The van der Waals surface area contributed by atoms with Crippen LogP contribution in [-0.2, 0) is 0 Å². The first-order chi connectivity index (χ1) is 9.52. The lowest BCUT2D eigenvalue weighted by Crippen LogP contribution is -2.36. The molecule has 1 fully saturated rings. The van der Waals surface area contributed by atoms with Crippen LogP contribution in [0.15, 0.2) is 18.2 Å². The smallest absolute Gasteiger partial charge is 0.254 e. The number of amides is 1. The lowest BCUT2D eigenvalue weighted by atomic mass is 10.1. The largest absolute Gasteiger partial charge is 0.385 e. The Kier molecular flexibility index (Phi) is 4.69. The van der Waals surface area contributed by atoms with Crippen LogP contribution in [-0.4, -0.2) is 29.9 Å². The van der Waals surface area contributed by atoms with Gasteiger partial charge in [-0.2, -0.15) is 0 Å². The minimum atomic E-state index is 0.196. The highest BCUT2D eigenvalue weighted by atomic mass is 16.2. The summed E-state index contributed by atoms with van der Waals surface area (Å²) in [6, 6.07) is 6.50. The number of nitrogens with one attached hydrogen (secondary N) is 1. The van der Waals surface area contributed by atoms with Gasteiger partial charge in [-0.1, -0.05) is 13.8 Å². The molecule has 110 valence electrons. The van der Waals surface area contributed by atoms with Crippen molar-refractivity contribution in [2.45, 2.75) is 46.6 Å². The first kappa shape index (κ1) is 14.9. The lowest BCUT2D eigenvalue weighted by molar-refractivity contribution is 0.0722. The second-order valence-electron chi connectivity index (χ2n) is 6.14. The third-order valence-corrected chi connectivity index (χ3v) is 3.65. The van der Waals surface area contributed by atoms with E-state index in [4.69, 9.17) is 0 Å². The number of aryl methyl sites for hydroxylation is 1. The second-order valence-corrected chi connectivity index (χ2v) is 6.14. The van der Waals surface area contributed by atoms with Gasteiger partial charge in [-0.25, -0.2) is 0 Å². The number of rotatable bonds is 6. The quantitative estimate of drug-likeness (QED) is 0.858. The third-order valence-electron chi connectivity index (χ3n) is 3.65. The van der Waals surface area contributed by atoms with Crippen molar-refractivity contribution in [3.8, 4) is 0 Å². The molecule has 1 saturated carbocycles. The van der Waals surface area contributed by atoms with E-state index in [1.54, 1.807) is 0 Å². The first-order valence-corrected chi connectivity index (χ1v) is 7.68. The molecule has 0 unspecified atom stereocenters. The van der Waals surface area contributed by atoms with Crippen molar-refractivity contribution < 1.29 is 4.79 Å². The van der Waals surface area contributed by atoms with E-state index in [2.05, 4.69) is 37.1 Å². The summed E-state index contributed by atoms with van der Waals surface area (Å²) in [6.07, 6.45) is 2.32. The van der Waals surface area contributed by atoms with Gasteiger partial charge in [0.15, 0.2) is 0 Å². The van der Waals surface area contributed by atoms with E-state index >= 15 is 0 Å². The van der Waals surface area contributed by atoms with Crippen molar-refractivity contribution in [3.63, 3.8) is 0 Å². The maximum Gasteiger partial charge on any atom is 0.254 e. The normalized spacial score (nSPS) is 14.4. The number of carbonyl (C=O) groups is 1. The van der Waals surface area contributed by atoms with Crippen LogP contribution >= 0.6 is 0 Å². The molecule has 0 atom stereocenters. The van der Waals surface area contributed by atoms with Crippen molar-refractivity contribution in [1.29, 1.82) is 0 Å². The zero-order chi connectivity index (χ0) is 14.7. The molecule has 1 amide bonds. The molecule has 2 rings (SSSR count). The highest BCUT2D eigenvalue weighted by Gasteiger charge is 2.33. The molecule has 0 aromatic heterocycles. The van der Waals surface area contributed by atoms with E-state index in [9.17, 15) is 4.79 Å². The van der Waals surface area contributed by atoms with Crippen LogP contribution in [0.4, 0.5) is 5.69 Å². The Morgan fingerprint density at radius 2 is 2.10 bits per heavy atom. The number of benzene rings is 1. The standard InChI is InChI=1S/C17H26N2O/c1-5-18-14-6-9-16(13(4)10-14)17(20)19(11-12(2)3)15-7-8-15/h6,9-10,12,15,18H,5,7-8,11H2,1-4H3. The van der Waals surface area contributed by atoms with Crippen molar-refractivity contribution in [1.82, 2.24) is 4.90 Å². The molecule has 0 heterocycles. The number of hydrogen-bond acceptors (Lipinski definition) is 2. The van der Waals surface area contributed by atoms with Crippen molar-refractivity contribution in [2.24, 2.45) is 5.92 Å². The molecular formula is C17H26N2O. The Hall–Kier alpha value is -1.51. The summed E-state index contributed by atoms with van der Waals surface area (Å²) in [4.78, 5) is 14.8. The minimum absolute atomic E-state index is 0.196. The number of carbonyl (C=O) groups excluding carboxylic acids is 1. The summed E-state index contributed by atoms with van der Waals surface area (Å²) in [5.74, 6) is 0.711. The van der Waals surface area contributed by atoms with Gasteiger partial charge in [-0.15, -0.1) is 0 Å². The summed E-state index contributed by atoms with van der Waals surface area (Å²) in [6.45, 7) is 10.2. The van der Waals surface area contributed by atoms with Gasteiger partial charge in [0.25, 0.3) is 5.91 Å². The first-order valence-electron chi connectivity index (χ1n) is 7.68. The Morgan fingerprint density at radius 1 is 1.40 bits per heavy atom. The predicted molar refractivity (Wildman–Crippen MR) is 84.2 cm³/mol. The lowest BCUT2D eigenvalue weighted by Gasteiger charge is -2.25. The fourth-order valence-corrected chi connectivity index (χ4v) is 2.55. The number of nitrogens with zero attached hydrogens (tertiary/aromatic N) is 1. The van der Waals surface area contributed by atoms with Crippen LogP contribution in [0.3, 0.4) is 0 Å². The summed E-state index contributed by atoms with van der Waals surface area (Å²) >= 11 is 0. The Bertz CT molecular complexity index is 478. The van der Waals surface area contributed by atoms with Crippen molar-refractivity contribution >= 4 is 11.6 Å². The molecule has 1 aliphatic carbocycles. The fourth-order valence-electron chi connectivity index (χ4n) is 2.55. The van der Waals surface area contributed by atoms with Crippen LogP contribution in [0.2, 0.25) is 0 Å². The van der Waals surface area contributed by atoms with Gasteiger partial charge in [0.05, 0.1) is 0 Å². The van der Waals surface area contributed by atoms with Crippen LogP contribution in [0.5, 0.6) is 0 Å². The van der Waals surface area contributed by atoms with Crippen LogP contribution < -0.4 is 5.32 Å². The Labute approximate surface area is 122 Å². The molecule has 0 spiro atoms. The molecule has 1 aromatic carbocycles. The van der Waals surface area contributed by atoms with E-state index in [0.717, 1.165) is 42.7 Å². The Balaban J connectivity index is 2.18. The Morgan fingerprint density at radius 3 is 2.60 bits per heavy atom. The van der Waals surface area contributed by atoms with Gasteiger partial charge >= 0.3 is 0 Å². The molecule has 0 aliphatic heterocycles. The molecule has 1 N–H and O–H groups in total. The van der Waals surface area contributed by atoms with E-state index in [0.29, 0.717) is 12.0 Å². The fraction of sp³-hybridized carbons (Fsp3) is 0.588. The van der Waals surface area contributed by atoms with Crippen LogP contribution in [0.1, 0.15) is 49.5 Å². The maximum atomic E-state index is 12.8. The average Bonchev–Trinajstić information content (AvgIpc) is 3.20. The van der Waals surface area contributed by atoms with Gasteiger partial charge in [0.2, 0.25) is 0 Å². The minimum Gasteiger partial charge on any atom is -0.385 e. The number of anilines is 1. The zero-order valence-corrected chi connectivity index (χ0v) is 13.1. The highest BCUT2D eigenvalue weighted by Crippen LogP contribution is 2.30. The topological polar surface area (TPSA) is 32.3 Å². The van der Waals surface area contributed by atoms with E-state index < -0.39 is 0 Å². The monoisotopic (exact) mass is 274 g/mol. The molecule has 3 heteroatoms.